The molecule has 0 aromatic carbocycles. The second kappa shape index (κ2) is 9.11. The second-order valence-electron chi connectivity index (χ2n) is 4.26. The first-order chi connectivity index (χ1) is 11.3. The van der Waals surface area contributed by atoms with E-state index in [4.69, 9.17) is 4.74 Å². The molecule has 0 saturated heterocycles. The molecule has 1 heterocycles. The van der Waals surface area contributed by atoms with E-state index in [2.05, 4.69) is 20.9 Å². The van der Waals surface area contributed by atoms with Gasteiger partial charge in [-0.3, -0.25) is 4.79 Å². The number of thiazole rings is 1. The Balaban J connectivity index is 2.47. The third-order valence-electron chi connectivity index (χ3n) is 2.45. The van der Waals surface area contributed by atoms with Gasteiger partial charge in [0.2, 0.25) is 5.91 Å². The molecule has 0 aliphatic heterocycles. The van der Waals surface area contributed by atoms with Crippen LogP contribution in [0, 0.1) is 0 Å². The summed E-state index contributed by atoms with van der Waals surface area (Å²) in [6.45, 7) is 2.22. The molecule has 3 N–H and O–H groups in total. The molecule has 0 unspecified atom stereocenters. The zero-order valence-electron chi connectivity index (χ0n) is 13.0. The lowest BCUT2D eigenvalue weighted by Crippen LogP contribution is -2.27. The minimum atomic E-state index is -4.52. The molecule has 0 atom stereocenters. The van der Waals surface area contributed by atoms with E-state index in [1.807, 2.05) is 0 Å². The molecule has 0 aliphatic carbocycles. The number of carbonyl (C=O) groups excluding carboxylic acids is 2. The van der Waals surface area contributed by atoms with Crippen LogP contribution in [0.2, 0.25) is 0 Å². The molecule has 0 spiro atoms. The van der Waals surface area contributed by atoms with E-state index < -0.39 is 18.1 Å². The van der Waals surface area contributed by atoms with Crippen molar-refractivity contribution in [2.75, 3.05) is 37.4 Å². The van der Waals surface area contributed by atoms with Crippen LogP contribution in [-0.2, 0) is 9.53 Å². The molecule has 134 valence electrons. The van der Waals surface area contributed by atoms with Crippen molar-refractivity contribution >= 4 is 33.3 Å². The molecule has 1 rings (SSSR count). The second-order valence-corrected chi connectivity index (χ2v) is 5.26. The summed E-state index contributed by atoms with van der Waals surface area (Å²) in [6, 6.07) is 0. The number of hydrogen-bond acceptors (Lipinski definition) is 7. The molecule has 11 heteroatoms. The fourth-order valence-electron chi connectivity index (χ4n) is 1.49. The number of hydrogen-bond donors (Lipinski definition) is 3. The molecular weight excluding hydrogens is 349 g/mol. The monoisotopic (exact) mass is 366 g/mol. The van der Waals surface area contributed by atoms with Crippen molar-refractivity contribution < 1.29 is 27.5 Å². The molecule has 1 amide bonds. The number of nitrogens with zero attached hydrogens (tertiary/aromatic N) is 1. The van der Waals surface area contributed by atoms with Crippen molar-refractivity contribution in [3.8, 4) is 0 Å². The van der Waals surface area contributed by atoms with E-state index in [0.717, 1.165) is 0 Å². The van der Waals surface area contributed by atoms with Crippen molar-refractivity contribution in [2.24, 2.45) is 0 Å². The number of alkyl halides is 3. The number of amides is 1. The summed E-state index contributed by atoms with van der Waals surface area (Å²) in [7, 11) is 1.63. The van der Waals surface area contributed by atoms with Gasteiger partial charge in [-0.05, 0) is 6.92 Å². The maximum Gasteiger partial charge on any atom is 0.409 e. The van der Waals surface area contributed by atoms with Crippen molar-refractivity contribution in [1.82, 2.24) is 10.3 Å². The molecule has 7 nitrogen and oxygen atoms in total. The van der Waals surface area contributed by atoms with Gasteiger partial charge in [0.15, 0.2) is 10.8 Å². The fraction of sp³-hybridized carbons (Fsp3) is 0.462. The molecule has 1 aromatic heterocycles. The number of halogens is 3. The standard InChI is InChI=1S/C13H17F3N4O3S/c1-3-23-11(22)9-10(17-2)24-12(20-9)19-7-6-18-8(21)4-5-13(14,15)16/h4-5,17H,3,6-7H2,1-2H3,(H,18,21)(H,19,20). The Hall–Kier alpha value is -2.30. The molecule has 1 aromatic rings. The highest BCUT2D eigenvalue weighted by atomic mass is 32.1. The van der Waals surface area contributed by atoms with Gasteiger partial charge in [-0.25, -0.2) is 9.78 Å². The van der Waals surface area contributed by atoms with Crippen molar-refractivity contribution in [3.05, 3.63) is 17.8 Å². The third-order valence-corrected chi connectivity index (χ3v) is 3.48. The summed E-state index contributed by atoms with van der Waals surface area (Å²) >= 11 is 1.18. The minimum absolute atomic E-state index is 0.0875. The van der Waals surface area contributed by atoms with E-state index in [0.29, 0.717) is 16.2 Å². The van der Waals surface area contributed by atoms with Crippen molar-refractivity contribution in [3.63, 3.8) is 0 Å². The normalized spacial score (nSPS) is 11.4. The van der Waals surface area contributed by atoms with Gasteiger partial charge in [-0.2, -0.15) is 13.2 Å². The Morgan fingerprint density at radius 3 is 2.62 bits per heavy atom. The Morgan fingerprint density at radius 2 is 2.04 bits per heavy atom. The molecule has 24 heavy (non-hydrogen) atoms. The third kappa shape index (κ3) is 6.86. The molecule has 0 aliphatic rings. The minimum Gasteiger partial charge on any atom is -0.461 e. The van der Waals surface area contributed by atoms with Crippen LogP contribution >= 0.6 is 11.3 Å². The van der Waals surface area contributed by atoms with Gasteiger partial charge < -0.3 is 20.7 Å². The van der Waals surface area contributed by atoms with Crippen molar-refractivity contribution in [1.29, 1.82) is 0 Å². The van der Waals surface area contributed by atoms with Crippen LogP contribution in [0.1, 0.15) is 17.4 Å². The van der Waals surface area contributed by atoms with Gasteiger partial charge in [0.1, 0.15) is 5.00 Å². The number of rotatable bonds is 8. The van der Waals surface area contributed by atoms with Crippen LogP contribution in [-0.4, -0.2) is 49.8 Å². The summed E-state index contributed by atoms with van der Waals surface area (Å²) < 4.78 is 40.5. The summed E-state index contributed by atoms with van der Waals surface area (Å²) in [5, 5.41) is 8.91. The lowest BCUT2D eigenvalue weighted by atomic mass is 10.4. The van der Waals surface area contributed by atoms with Gasteiger partial charge in [0, 0.05) is 32.3 Å². The van der Waals surface area contributed by atoms with Gasteiger partial charge in [-0.1, -0.05) is 11.3 Å². The molecule has 0 saturated carbocycles. The summed E-state index contributed by atoms with van der Waals surface area (Å²) in [6.07, 6.45) is -4.24. The predicted molar refractivity (Wildman–Crippen MR) is 84.3 cm³/mol. The predicted octanol–water partition coefficient (Wildman–Crippen LogP) is 2.01. The van der Waals surface area contributed by atoms with E-state index in [9.17, 15) is 22.8 Å². The van der Waals surface area contributed by atoms with Gasteiger partial charge >= 0.3 is 12.1 Å². The van der Waals surface area contributed by atoms with Crippen LogP contribution in [0.15, 0.2) is 12.2 Å². The molecule has 0 bridgehead atoms. The lowest BCUT2D eigenvalue weighted by molar-refractivity contribution is -0.117. The van der Waals surface area contributed by atoms with Crippen LogP contribution in [0.5, 0.6) is 0 Å². The highest BCUT2D eigenvalue weighted by molar-refractivity contribution is 7.19. The van der Waals surface area contributed by atoms with Crippen LogP contribution < -0.4 is 16.0 Å². The largest absolute Gasteiger partial charge is 0.461 e. The van der Waals surface area contributed by atoms with E-state index >= 15 is 0 Å². The van der Waals surface area contributed by atoms with Crippen LogP contribution in [0.3, 0.4) is 0 Å². The Bertz CT molecular complexity index is 602. The van der Waals surface area contributed by atoms with Crippen LogP contribution in [0.4, 0.5) is 23.3 Å². The Kier molecular flexibility index (Phi) is 7.49. The zero-order valence-corrected chi connectivity index (χ0v) is 13.8. The first kappa shape index (κ1) is 19.7. The molecule has 0 fully saturated rings. The average Bonchev–Trinajstić information content (AvgIpc) is 2.92. The number of carbonyl (C=O) groups is 2. The van der Waals surface area contributed by atoms with E-state index in [-0.39, 0.29) is 31.5 Å². The van der Waals surface area contributed by atoms with Gasteiger partial charge in [0.25, 0.3) is 0 Å². The van der Waals surface area contributed by atoms with Gasteiger partial charge in [-0.15, -0.1) is 0 Å². The first-order valence-corrected chi connectivity index (χ1v) is 7.71. The first-order valence-electron chi connectivity index (χ1n) is 6.90. The summed E-state index contributed by atoms with van der Waals surface area (Å²) in [5.41, 5.74) is 0.143. The topological polar surface area (TPSA) is 92.3 Å². The lowest BCUT2D eigenvalue weighted by Gasteiger charge is -2.03. The number of allylic oxidation sites excluding steroid dienone is 1. The van der Waals surface area contributed by atoms with E-state index in [1.165, 1.54) is 11.3 Å². The average molecular weight is 366 g/mol. The fourth-order valence-corrected chi connectivity index (χ4v) is 2.32. The van der Waals surface area contributed by atoms with Crippen LogP contribution in [0.25, 0.3) is 0 Å². The highest BCUT2D eigenvalue weighted by Gasteiger charge is 2.22. The quantitative estimate of drug-likeness (QED) is 0.370. The summed E-state index contributed by atoms with van der Waals surface area (Å²) in [4.78, 5) is 26.9. The maximum absolute atomic E-state index is 11.9. The zero-order chi connectivity index (χ0) is 18.2. The number of anilines is 2. The Labute approximate surface area is 140 Å². The molecular formula is C13H17F3N4O3S. The molecule has 0 radical (unpaired) electrons. The number of esters is 1. The maximum atomic E-state index is 11.9. The van der Waals surface area contributed by atoms with Gasteiger partial charge in [0.05, 0.1) is 6.61 Å². The smallest absolute Gasteiger partial charge is 0.409 e. The summed E-state index contributed by atoms with van der Waals surface area (Å²) in [5.74, 6) is -1.41. The number of nitrogens with one attached hydrogen (secondary N) is 3. The highest BCUT2D eigenvalue weighted by Crippen LogP contribution is 2.28. The number of ether oxygens (including phenoxy) is 1. The van der Waals surface area contributed by atoms with E-state index in [1.54, 1.807) is 14.0 Å². The van der Waals surface area contributed by atoms with Crippen molar-refractivity contribution in [2.45, 2.75) is 13.1 Å². The SMILES string of the molecule is CCOC(=O)c1nc(NCCNC(=O)C=CC(F)(F)F)sc1NC. The number of aromatic nitrogens is 1. The Morgan fingerprint density at radius 1 is 1.33 bits per heavy atom.